The van der Waals surface area contributed by atoms with Crippen LogP contribution in [0.2, 0.25) is 0 Å². The Morgan fingerprint density at radius 2 is 1.86 bits per heavy atom. The molecule has 1 fully saturated rings. The van der Waals surface area contributed by atoms with E-state index in [-0.39, 0.29) is 11.4 Å². The highest BCUT2D eigenvalue weighted by molar-refractivity contribution is 5.87. The standard InChI is InChI=1S/C16H20O5/c1-16(9-20-10-16)11-21-15(17)5-4-12-6-13(18-2)8-14(7-12)19-3/h4-8H,9-11H2,1-3H3. The number of ether oxygens (including phenoxy) is 4. The summed E-state index contributed by atoms with van der Waals surface area (Å²) in [5, 5.41) is 0. The highest BCUT2D eigenvalue weighted by atomic mass is 16.5. The largest absolute Gasteiger partial charge is 0.497 e. The van der Waals surface area contributed by atoms with E-state index in [0.29, 0.717) is 31.3 Å². The van der Waals surface area contributed by atoms with Crippen LogP contribution in [0.5, 0.6) is 11.5 Å². The molecular formula is C16H20O5. The Morgan fingerprint density at radius 3 is 2.33 bits per heavy atom. The molecule has 0 atom stereocenters. The zero-order valence-electron chi connectivity index (χ0n) is 12.5. The first-order valence-corrected chi connectivity index (χ1v) is 6.70. The van der Waals surface area contributed by atoms with Crippen molar-refractivity contribution in [1.29, 1.82) is 0 Å². The van der Waals surface area contributed by atoms with E-state index in [1.165, 1.54) is 6.08 Å². The molecule has 2 rings (SSSR count). The molecule has 21 heavy (non-hydrogen) atoms. The molecule has 0 radical (unpaired) electrons. The van der Waals surface area contributed by atoms with Crippen molar-refractivity contribution in [1.82, 2.24) is 0 Å². The first kappa shape index (κ1) is 15.4. The van der Waals surface area contributed by atoms with Gasteiger partial charge in [0.1, 0.15) is 18.1 Å². The maximum Gasteiger partial charge on any atom is 0.330 e. The number of carbonyl (C=O) groups excluding carboxylic acids is 1. The zero-order valence-corrected chi connectivity index (χ0v) is 12.5. The van der Waals surface area contributed by atoms with E-state index in [1.807, 2.05) is 19.1 Å². The molecule has 0 bridgehead atoms. The van der Waals surface area contributed by atoms with Crippen LogP contribution >= 0.6 is 0 Å². The van der Waals surface area contributed by atoms with Gasteiger partial charge in [0.05, 0.1) is 27.4 Å². The fraction of sp³-hybridized carbons (Fsp3) is 0.438. The average molecular weight is 292 g/mol. The van der Waals surface area contributed by atoms with Crippen LogP contribution in [-0.2, 0) is 14.3 Å². The van der Waals surface area contributed by atoms with Crippen LogP contribution in [0.15, 0.2) is 24.3 Å². The summed E-state index contributed by atoms with van der Waals surface area (Å²) in [7, 11) is 3.16. The normalized spacial score (nSPS) is 16.3. The SMILES string of the molecule is COc1cc(C=CC(=O)OCC2(C)COC2)cc(OC)c1. The number of hydrogen-bond acceptors (Lipinski definition) is 5. The summed E-state index contributed by atoms with van der Waals surface area (Å²) in [6, 6.07) is 5.40. The van der Waals surface area contributed by atoms with Crippen molar-refractivity contribution in [3.63, 3.8) is 0 Å². The topological polar surface area (TPSA) is 54.0 Å². The van der Waals surface area contributed by atoms with Crippen molar-refractivity contribution in [2.75, 3.05) is 34.0 Å². The van der Waals surface area contributed by atoms with E-state index >= 15 is 0 Å². The van der Waals surface area contributed by atoms with Gasteiger partial charge in [-0.3, -0.25) is 0 Å². The van der Waals surface area contributed by atoms with Gasteiger partial charge in [-0.2, -0.15) is 0 Å². The van der Waals surface area contributed by atoms with Crippen LogP contribution in [0.4, 0.5) is 0 Å². The Kier molecular flexibility index (Phi) is 4.85. The van der Waals surface area contributed by atoms with E-state index in [4.69, 9.17) is 18.9 Å². The second-order valence-electron chi connectivity index (χ2n) is 5.39. The van der Waals surface area contributed by atoms with E-state index in [2.05, 4.69) is 0 Å². The second-order valence-corrected chi connectivity index (χ2v) is 5.39. The molecule has 0 N–H and O–H groups in total. The monoisotopic (exact) mass is 292 g/mol. The van der Waals surface area contributed by atoms with Gasteiger partial charge in [0.15, 0.2) is 0 Å². The number of methoxy groups -OCH3 is 2. The first-order chi connectivity index (χ1) is 10.0. The molecule has 1 aromatic carbocycles. The van der Waals surface area contributed by atoms with Gasteiger partial charge in [-0.1, -0.05) is 6.92 Å². The number of benzene rings is 1. The summed E-state index contributed by atoms with van der Waals surface area (Å²) in [6.45, 7) is 3.67. The Morgan fingerprint density at radius 1 is 1.24 bits per heavy atom. The Hall–Kier alpha value is -2.01. The summed E-state index contributed by atoms with van der Waals surface area (Å²) < 4.78 is 20.7. The van der Waals surface area contributed by atoms with Gasteiger partial charge < -0.3 is 18.9 Å². The van der Waals surface area contributed by atoms with Crippen molar-refractivity contribution >= 4 is 12.0 Å². The molecule has 0 saturated carbocycles. The predicted octanol–water partition coefficient (Wildman–Crippen LogP) is 2.30. The lowest BCUT2D eigenvalue weighted by molar-refractivity contribution is -0.160. The third-order valence-electron chi connectivity index (χ3n) is 3.25. The molecule has 5 nitrogen and oxygen atoms in total. The predicted molar refractivity (Wildman–Crippen MR) is 78.5 cm³/mol. The number of esters is 1. The lowest BCUT2D eigenvalue weighted by Gasteiger charge is -2.36. The fourth-order valence-electron chi connectivity index (χ4n) is 1.92. The molecule has 0 aliphatic carbocycles. The van der Waals surface area contributed by atoms with Crippen LogP contribution in [-0.4, -0.2) is 40.0 Å². The Bertz CT molecular complexity index is 509. The molecular weight excluding hydrogens is 272 g/mol. The third-order valence-corrected chi connectivity index (χ3v) is 3.25. The van der Waals surface area contributed by atoms with Gasteiger partial charge in [-0.15, -0.1) is 0 Å². The van der Waals surface area contributed by atoms with Crippen LogP contribution in [0.25, 0.3) is 6.08 Å². The number of carbonyl (C=O) groups is 1. The lowest BCUT2D eigenvalue weighted by atomic mass is 9.90. The molecule has 0 spiro atoms. The molecule has 114 valence electrons. The molecule has 1 aromatic rings. The molecule has 1 heterocycles. The van der Waals surface area contributed by atoms with E-state index in [1.54, 1.807) is 26.4 Å². The van der Waals surface area contributed by atoms with Crippen molar-refractivity contribution in [2.24, 2.45) is 5.41 Å². The Labute approximate surface area is 124 Å². The molecule has 0 amide bonds. The average Bonchev–Trinajstić information content (AvgIpc) is 2.48. The molecule has 5 heteroatoms. The maximum absolute atomic E-state index is 11.7. The number of hydrogen-bond donors (Lipinski definition) is 0. The van der Waals surface area contributed by atoms with Gasteiger partial charge >= 0.3 is 5.97 Å². The van der Waals surface area contributed by atoms with E-state index in [0.717, 1.165) is 5.56 Å². The zero-order chi connectivity index (χ0) is 15.3. The summed E-state index contributed by atoms with van der Waals surface area (Å²) >= 11 is 0. The van der Waals surface area contributed by atoms with Crippen molar-refractivity contribution in [2.45, 2.75) is 6.92 Å². The molecule has 0 unspecified atom stereocenters. The minimum Gasteiger partial charge on any atom is -0.497 e. The Balaban J connectivity index is 1.94. The van der Waals surface area contributed by atoms with Gasteiger partial charge in [0.2, 0.25) is 0 Å². The van der Waals surface area contributed by atoms with Crippen molar-refractivity contribution in [3.8, 4) is 11.5 Å². The van der Waals surface area contributed by atoms with E-state index < -0.39 is 0 Å². The highest BCUT2D eigenvalue weighted by Crippen LogP contribution is 2.26. The van der Waals surface area contributed by atoms with Crippen molar-refractivity contribution < 1.29 is 23.7 Å². The summed E-state index contributed by atoms with van der Waals surface area (Å²) in [6.07, 6.45) is 3.07. The smallest absolute Gasteiger partial charge is 0.330 e. The van der Waals surface area contributed by atoms with Crippen LogP contribution < -0.4 is 9.47 Å². The molecule has 1 aliphatic rings. The summed E-state index contributed by atoms with van der Waals surface area (Å²) in [5.74, 6) is 0.966. The highest BCUT2D eigenvalue weighted by Gasteiger charge is 2.34. The minimum absolute atomic E-state index is 0.0390. The lowest BCUT2D eigenvalue weighted by Crippen LogP contribution is -2.43. The van der Waals surface area contributed by atoms with Crippen LogP contribution in [0.3, 0.4) is 0 Å². The van der Waals surface area contributed by atoms with Gasteiger partial charge in [0.25, 0.3) is 0 Å². The molecule has 1 aliphatic heterocycles. The summed E-state index contributed by atoms with van der Waals surface area (Å²) in [5.41, 5.74) is 0.768. The molecule has 0 aromatic heterocycles. The number of rotatable bonds is 6. The maximum atomic E-state index is 11.7. The molecule has 1 saturated heterocycles. The quantitative estimate of drug-likeness (QED) is 0.595. The first-order valence-electron chi connectivity index (χ1n) is 6.70. The van der Waals surface area contributed by atoms with Crippen LogP contribution in [0, 0.1) is 5.41 Å². The third kappa shape index (κ3) is 4.23. The van der Waals surface area contributed by atoms with E-state index in [9.17, 15) is 4.79 Å². The van der Waals surface area contributed by atoms with Gasteiger partial charge in [-0.05, 0) is 23.8 Å². The minimum atomic E-state index is -0.370. The second kappa shape index (κ2) is 6.63. The van der Waals surface area contributed by atoms with Crippen molar-refractivity contribution in [3.05, 3.63) is 29.8 Å². The van der Waals surface area contributed by atoms with Gasteiger partial charge in [-0.25, -0.2) is 4.79 Å². The fourth-order valence-corrected chi connectivity index (χ4v) is 1.92. The van der Waals surface area contributed by atoms with Gasteiger partial charge in [0, 0.05) is 17.6 Å². The van der Waals surface area contributed by atoms with Crippen LogP contribution in [0.1, 0.15) is 12.5 Å². The summed E-state index contributed by atoms with van der Waals surface area (Å²) in [4.78, 5) is 11.7.